The van der Waals surface area contributed by atoms with Crippen LogP contribution in [0.25, 0.3) is 10.6 Å². The average Bonchev–Trinajstić information content (AvgIpc) is 3.10. The van der Waals surface area contributed by atoms with Crippen LogP contribution in [0.3, 0.4) is 0 Å². The zero-order valence-electron chi connectivity index (χ0n) is 13.1. The number of nitrogens with zero attached hydrogens (tertiary/aromatic N) is 3. The SMILES string of the molecule is O=C(Nc1nnc(-c2ccccc2)s1)c1cccnc1S(=O)(=O)C(F)(F)F. The summed E-state index contributed by atoms with van der Waals surface area (Å²) in [6.07, 6.45) is 0.855. The molecule has 0 aliphatic carbocycles. The standard InChI is InChI=1S/C15H9F3N4O3S2/c16-15(17,18)27(24,25)13-10(7-4-8-19-13)11(23)20-14-22-21-12(26-14)9-5-2-1-3-6-9/h1-8H,(H,20,22,23). The van der Waals surface area contributed by atoms with Crippen molar-refractivity contribution >= 4 is 32.2 Å². The molecule has 27 heavy (non-hydrogen) atoms. The lowest BCUT2D eigenvalue weighted by atomic mass is 10.2. The minimum Gasteiger partial charge on any atom is -0.296 e. The number of rotatable bonds is 4. The average molecular weight is 414 g/mol. The number of halogens is 3. The van der Waals surface area contributed by atoms with Gasteiger partial charge in [0.25, 0.3) is 15.7 Å². The van der Waals surface area contributed by atoms with Crippen molar-refractivity contribution < 1.29 is 26.4 Å². The van der Waals surface area contributed by atoms with Gasteiger partial charge in [0, 0.05) is 11.8 Å². The van der Waals surface area contributed by atoms with E-state index in [-0.39, 0.29) is 5.13 Å². The van der Waals surface area contributed by atoms with Gasteiger partial charge in [0.1, 0.15) is 5.01 Å². The molecule has 0 fully saturated rings. The van der Waals surface area contributed by atoms with Crippen LogP contribution < -0.4 is 5.32 Å². The molecule has 140 valence electrons. The Morgan fingerprint density at radius 3 is 2.41 bits per heavy atom. The van der Waals surface area contributed by atoms with Gasteiger partial charge < -0.3 is 0 Å². The monoisotopic (exact) mass is 414 g/mol. The van der Waals surface area contributed by atoms with Crippen molar-refractivity contribution in [2.45, 2.75) is 10.5 Å². The summed E-state index contributed by atoms with van der Waals surface area (Å²) >= 11 is 0.982. The van der Waals surface area contributed by atoms with E-state index < -0.39 is 31.8 Å². The molecule has 0 saturated heterocycles. The lowest BCUT2D eigenvalue weighted by Crippen LogP contribution is -2.27. The second-order valence-electron chi connectivity index (χ2n) is 5.04. The molecule has 0 radical (unpaired) electrons. The zero-order valence-corrected chi connectivity index (χ0v) is 14.8. The van der Waals surface area contributed by atoms with Crippen molar-refractivity contribution in [1.29, 1.82) is 0 Å². The molecule has 0 bridgehead atoms. The second kappa shape index (κ2) is 7.04. The highest BCUT2D eigenvalue weighted by molar-refractivity contribution is 7.92. The van der Waals surface area contributed by atoms with E-state index in [4.69, 9.17) is 0 Å². The predicted octanol–water partition coefficient (Wildman–Crippen LogP) is 3.15. The minimum absolute atomic E-state index is 0.00179. The van der Waals surface area contributed by atoms with Gasteiger partial charge in [-0.3, -0.25) is 10.1 Å². The number of sulfone groups is 1. The van der Waals surface area contributed by atoms with E-state index in [1.807, 2.05) is 0 Å². The van der Waals surface area contributed by atoms with Crippen molar-refractivity contribution in [3.63, 3.8) is 0 Å². The summed E-state index contributed by atoms with van der Waals surface area (Å²) in [5.41, 5.74) is -5.59. The Balaban J connectivity index is 1.90. The van der Waals surface area contributed by atoms with Gasteiger partial charge in [0.15, 0.2) is 5.03 Å². The highest BCUT2D eigenvalue weighted by Crippen LogP contribution is 2.31. The summed E-state index contributed by atoms with van der Waals surface area (Å²) in [4.78, 5) is 15.5. The normalized spacial score (nSPS) is 12.0. The molecular formula is C15H9F3N4O3S2. The van der Waals surface area contributed by atoms with Crippen LogP contribution in [0.4, 0.5) is 18.3 Å². The van der Waals surface area contributed by atoms with Crippen LogP contribution in [-0.4, -0.2) is 35.0 Å². The fraction of sp³-hybridized carbons (Fsp3) is 0.0667. The van der Waals surface area contributed by atoms with Crippen LogP contribution in [-0.2, 0) is 9.84 Å². The van der Waals surface area contributed by atoms with Crippen molar-refractivity contribution in [2.75, 3.05) is 5.32 Å². The summed E-state index contributed by atoms with van der Waals surface area (Å²) in [5.74, 6) is -1.10. The fourth-order valence-corrected chi connectivity index (χ4v) is 3.64. The maximum atomic E-state index is 12.8. The van der Waals surface area contributed by atoms with E-state index in [2.05, 4.69) is 20.5 Å². The molecule has 2 heterocycles. The van der Waals surface area contributed by atoms with Crippen LogP contribution in [0, 0.1) is 0 Å². The molecule has 1 N–H and O–H groups in total. The number of anilines is 1. The number of benzene rings is 1. The van der Waals surface area contributed by atoms with Crippen molar-refractivity contribution in [2.24, 2.45) is 0 Å². The molecule has 12 heteroatoms. The Labute approximate surface area is 154 Å². The Hall–Kier alpha value is -2.86. The maximum absolute atomic E-state index is 12.8. The van der Waals surface area contributed by atoms with Gasteiger partial charge in [-0.15, -0.1) is 10.2 Å². The number of alkyl halides is 3. The number of carbonyl (C=O) groups excluding carboxylic acids is 1. The number of hydrogen-bond donors (Lipinski definition) is 1. The molecule has 3 aromatic rings. The van der Waals surface area contributed by atoms with E-state index in [0.717, 1.165) is 35.2 Å². The van der Waals surface area contributed by atoms with E-state index in [0.29, 0.717) is 5.01 Å². The maximum Gasteiger partial charge on any atom is 0.503 e. The van der Waals surface area contributed by atoms with Crippen molar-refractivity contribution in [3.8, 4) is 10.6 Å². The number of pyridine rings is 1. The van der Waals surface area contributed by atoms with Gasteiger partial charge in [0.05, 0.1) is 5.56 Å². The Morgan fingerprint density at radius 2 is 1.74 bits per heavy atom. The zero-order chi connectivity index (χ0) is 19.7. The molecular weight excluding hydrogens is 405 g/mol. The summed E-state index contributed by atoms with van der Waals surface area (Å²) < 4.78 is 61.7. The third-order valence-corrected chi connectivity index (χ3v) is 5.57. The van der Waals surface area contributed by atoms with E-state index >= 15 is 0 Å². The number of amides is 1. The number of hydrogen-bond acceptors (Lipinski definition) is 7. The topological polar surface area (TPSA) is 102 Å². The van der Waals surface area contributed by atoms with Crippen LogP contribution in [0.2, 0.25) is 0 Å². The fourth-order valence-electron chi connectivity index (χ4n) is 2.02. The molecule has 3 rings (SSSR count). The highest BCUT2D eigenvalue weighted by Gasteiger charge is 2.49. The number of nitrogens with one attached hydrogen (secondary N) is 1. The van der Waals surface area contributed by atoms with E-state index in [1.165, 1.54) is 0 Å². The molecule has 0 unspecified atom stereocenters. The first-order valence-electron chi connectivity index (χ1n) is 7.17. The first kappa shape index (κ1) is 18.9. The van der Waals surface area contributed by atoms with E-state index in [9.17, 15) is 26.4 Å². The van der Waals surface area contributed by atoms with E-state index in [1.54, 1.807) is 30.3 Å². The second-order valence-corrected chi connectivity index (χ2v) is 7.87. The number of aromatic nitrogens is 3. The van der Waals surface area contributed by atoms with Crippen molar-refractivity contribution in [3.05, 3.63) is 54.2 Å². The van der Waals surface area contributed by atoms with Crippen LogP contribution >= 0.6 is 11.3 Å². The largest absolute Gasteiger partial charge is 0.503 e. The lowest BCUT2D eigenvalue weighted by Gasteiger charge is -2.10. The molecule has 0 atom stereocenters. The molecule has 1 amide bonds. The van der Waals surface area contributed by atoms with Gasteiger partial charge >= 0.3 is 5.51 Å². The predicted molar refractivity (Wildman–Crippen MR) is 90.8 cm³/mol. The molecule has 7 nitrogen and oxygen atoms in total. The minimum atomic E-state index is -5.79. The Morgan fingerprint density at radius 1 is 1.04 bits per heavy atom. The molecule has 0 aliphatic rings. The summed E-state index contributed by atoms with van der Waals surface area (Å²) in [6.45, 7) is 0. The lowest BCUT2D eigenvalue weighted by molar-refractivity contribution is -0.0438. The summed E-state index contributed by atoms with van der Waals surface area (Å²) in [7, 11) is -5.79. The quantitative estimate of drug-likeness (QED) is 0.704. The highest BCUT2D eigenvalue weighted by atomic mass is 32.2. The van der Waals surface area contributed by atoms with Crippen LogP contribution in [0.5, 0.6) is 0 Å². The van der Waals surface area contributed by atoms with Gasteiger partial charge in [-0.25, -0.2) is 13.4 Å². The van der Waals surface area contributed by atoms with Gasteiger partial charge in [-0.2, -0.15) is 13.2 Å². The third kappa shape index (κ3) is 3.80. The smallest absolute Gasteiger partial charge is 0.296 e. The molecule has 0 aliphatic heterocycles. The Bertz CT molecular complexity index is 1080. The Kier molecular flexibility index (Phi) is 4.93. The third-order valence-electron chi connectivity index (χ3n) is 3.24. The molecule has 0 saturated carbocycles. The molecule has 0 spiro atoms. The van der Waals surface area contributed by atoms with Gasteiger partial charge in [-0.1, -0.05) is 41.7 Å². The first-order chi connectivity index (χ1) is 12.7. The summed E-state index contributed by atoms with van der Waals surface area (Å²) in [6, 6.07) is 11.0. The van der Waals surface area contributed by atoms with Crippen LogP contribution in [0.1, 0.15) is 10.4 Å². The first-order valence-corrected chi connectivity index (χ1v) is 9.47. The van der Waals surface area contributed by atoms with Gasteiger partial charge in [-0.05, 0) is 12.1 Å². The van der Waals surface area contributed by atoms with Crippen molar-refractivity contribution in [1.82, 2.24) is 15.2 Å². The summed E-state index contributed by atoms with van der Waals surface area (Å²) in [5, 5.41) is 8.97. The van der Waals surface area contributed by atoms with Crippen LogP contribution in [0.15, 0.2) is 53.7 Å². The number of carbonyl (C=O) groups is 1. The molecule has 1 aromatic carbocycles. The van der Waals surface area contributed by atoms with Gasteiger partial charge in [0.2, 0.25) is 5.13 Å². The molecule has 2 aromatic heterocycles.